The molecule has 1 saturated heterocycles. The molecular formula is C16H21N3O2. The van der Waals surface area contributed by atoms with Gasteiger partial charge < -0.3 is 0 Å². The molecule has 1 aliphatic carbocycles. The molecule has 2 amide bonds. The molecule has 5 nitrogen and oxygen atoms in total. The van der Waals surface area contributed by atoms with E-state index in [9.17, 15) is 20.1 Å². The molecule has 2 aliphatic rings. The van der Waals surface area contributed by atoms with Crippen molar-refractivity contribution in [2.75, 3.05) is 0 Å². The van der Waals surface area contributed by atoms with Gasteiger partial charge in [-0.3, -0.25) is 14.9 Å². The van der Waals surface area contributed by atoms with Gasteiger partial charge in [0.25, 0.3) is 0 Å². The van der Waals surface area contributed by atoms with Gasteiger partial charge in [-0.2, -0.15) is 10.5 Å². The molecule has 1 N–H and O–H groups in total. The van der Waals surface area contributed by atoms with E-state index in [1.165, 1.54) is 0 Å². The third-order valence-corrected chi connectivity index (χ3v) is 5.32. The first-order valence-corrected chi connectivity index (χ1v) is 7.40. The maximum atomic E-state index is 12.0. The zero-order chi connectivity index (χ0) is 15.8. The van der Waals surface area contributed by atoms with E-state index in [1.54, 1.807) is 0 Å². The Hall–Kier alpha value is -1.88. The normalized spacial score (nSPS) is 36.7. The van der Waals surface area contributed by atoms with Crippen molar-refractivity contribution >= 4 is 11.8 Å². The number of nitrogens with one attached hydrogen (secondary N) is 1. The Balaban J connectivity index is 2.34. The first kappa shape index (κ1) is 15.5. The molecule has 1 spiro atoms. The summed E-state index contributed by atoms with van der Waals surface area (Å²) < 4.78 is 0. The molecule has 2 rings (SSSR count). The third-order valence-electron chi connectivity index (χ3n) is 5.32. The molecule has 21 heavy (non-hydrogen) atoms. The van der Waals surface area contributed by atoms with Crippen LogP contribution in [0.25, 0.3) is 0 Å². The molecule has 0 radical (unpaired) electrons. The van der Waals surface area contributed by atoms with Crippen LogP contribution in [0.2, 0.25) is 0 Å². The highest BCUT2D eigenvalue weighted by Gasteiger charge is 2.57. The molecule has 1 heterocycles. The Morgan fingerprint density at radius 2 is 1.48 bits per heavy atom. The lowest BCUT2D eigenvalue weighted by Gasteiger charge is -2.48. The van der Waals surface area contributed by atoms with Crippen LogP contribution in [0.1, 0.15) is 46.5 Å². The van der Waals surface area contributed by atoms with Crippen molar-refractivity contribution in [3.8, 4) is 12.1 Å². The van der Waals surface area contributed by atoms with Gasteiger partial charge in [0.15, 0.2) is 0 Å². The van der Waals surface area contributed by atoms with E-state index in [1.807, 2.05) is 12.1 Å². The molecule has 0 aromatic heterocycles. The van der Waals surface area contributed by atoms with Crippen molar-refractivity contribution in [2.45, 2.75) is 46.5 Å². The maximum absolute atomic E-state index is 12.0. The molecule has 1 aliphatic heterocycles. The molecule has 2 fully saturated rings. The van der Waals surface area contributed by atoms with Crippen LogP contribution >= 0.6 is 0 Å². The second kappa shape index (κ2) is 5.15. The van der Waals surface area contributed by atoms with Crippen molar-refractivity contribution in [1.82, 2.24) is 5.32 Å². The quantitative estimate of drug-likeness (QED) is 0.691. The van der Waals surface area contributed by atoms with Gasteiger partial charge in [-0.05, 0) is 37.0 Å². The summed E-state index contributed by atoms with van der Waals surface area (Å²) in [7, 11) is 0. The van der Waals surface area contributed by atoms with Gasteiger partial charge in [0.2, 0.25) is 11.8 Å². The van der Waals surface area contributed by atoms with E-state index < -0.39 is 29.1 Å². The van der Waals surface area contributed by atoms with Crippen molar-refractivity contribution in [3.63, 3.8) is 0 Å². The van der Waals surface area contributed by atoms with Gasteiger partial charge in [0.1, 0.15) is 11.8 Å². The number of carbonyl (C=O) groups excluding carboxylic acids is 2. The molecular weight excluding hydrogens is 266 g/mol. The summed E-state index contributed by atoms with van der Waals surface area (Å²) in [6.07, 6.45) is 2.87. The Kier molecular flexibility index (Phi) is 3.80. The first-order valence-electron chi connectivity index (χ1n) is 7.40. The van der Waals surface area contributed by atoms with E-state index in [0.29, 0.717) is 18.8 Å². The second-order valence-corrected chi connectivity index (χ2v) is 7.35. The van der Waals surface area contributed by atoms with E-state index in [-0.39, 0.29) is 5.41 Å². The van der Waals surface area contributed by atoms with Gasteiger partial charge in [-0.15, -0.1) is 0 Å². The highest BCUT2D eigenvalue weighted by Crippen LogP contribution is 2.54. The van der Waals surface area contributed by atoms with Crippen molar-refractivity contribution in [1.29, 1.82) is 10.5 Å². The summed E-state index contributed by atoms with van der Waals surface area (Å²) in [4.78, 5) is 24.0. The number of nitriles is 2. The topological polar surface area (TPSA) is 93.8 Å². The molecule has 0 aromatic carbocycles. The summed E-state index contributed by atoms with van der Waals surface area (Å²) in [5, 5.41) is 20.9. The predicted octanol–water partition coefficient (Wildman–Crippen LogP) is 2.15. The first-order chi connectivity index (χ1) is 9.76. The fourth-order valence-corrected chi connectivity index (χ4v) is 3.93. The molecule has 0 unspecified atom stereocenters. The summed E-state index contributed by atoms with van der Waals surface area (Å²) in [5.41, 5.74) is -0.641. The Labute approximate surface area is 125 Å². The van der Waals surface area contributed by atoms with Crippen LogP contribution in [0, 0.1) is 51.2 Å². The average molecular weight is 287 g/mol. The fourth-order valence-electron chi connectivity index (χ4n) is 3.93. The Bertz CT molecular complexity index is 505. The number of hydrogen-bond acceptors (Lipinski definition) is 4. The SMILES string of the molecule is CC(C)(C)C1CCC2(CC1)[C@H](C#N)C(=O)NC(=O)[C@@H]2C#N. The zero-order valence-electron chi connectivity index (χ0n) is 12.8. The van der Waals surface area contributed by atoms with Gasteiger partial charge >= 0.3 is 0 Å². The average Bonchev–Trinajstić information content (AvgIpc) is 2.38. The Morgan fingerprint density at radius 3 is 1.81 bits per heavy atom. The minimum Gasteiger partial charge on any atom is -0.294 e. The number of carbonyl (C=O) groups is 2. The maximum Gasteiger partial charge on any atom is 0.244 e. The molecule has 5 heteroatoms. The van der Waals surface area contributed by atoms with Crippen LogP contribution in [0.15, 0.2) is 0 Å². The van der Waals surface area contributed by atoms with Crippen LogP contribution in [0.4, 0.5) is 0 Å². The van der Waals surface area contributed by atoms with Crippen LogP contribution in [0.3, 0.4) is 0 Å². The standard InChI is InChI=1S/C16H21N3O2/c1-15(2,3)10-4-6-16(7-5-10)11(8-17)13(20)19-14(21)12(16)9-18/h10-12H,4-7H2,1-3H3,(H,19,20,21)/t10?,11-,12+,16?. The molecule has 1 saturated carbocycles. The summed E-state index contributed by atoms with van der Waals surface area (Å²) in [6, 6.07) is 4.07. The smallest absolute Gasteiger partial charge is 0.244 e. The lowest BCUT2D eigenvalue weighted by atomic mass is 9.54. The second-order valence-electron chi connectivity index (χ2n) is 7.35. The number of imide groups is 1. The lowest BCUT2D eigenvalue weighted by molar-refractivity contribution is -0.147. The molecule has 0 bridgehead atoms. The Morgan fingerprint density at radius 1 is 1.05 bits per heavy atom. The van der Waals surface area contributed by atoms with E-state index >= 15 is 0 Å². The number of hydrogen-bond donors (Lipinski definition) is 1. The number of nitrogens with zero attached hydrogens (tertiary/aromatic N) is 2. The highest BCUT2D eigenvalue weighted by molar-refractivity contribution is 6.03. The largest absolute Gasteiger partial charge is 0.294 e. The number of piperidine rings is 1. The minimum atomic E-state index is -0.902. The van der Waals surface area contributed by atoms with Gasteiger partial charge in [-0.25, -0.2) is 0 Å². The third kappa shape index (κ3) is 2.42. The van der Waals surface area contributed by atoms with Crippen LogP contribution in [0.5, 0.6) is 0 Å². The summed E-state index contributed by atoms with van der Waals surface area (Å²) >= 11 is 0. The minimum absolute atomic E-state index is 0.160. The fraction of sp³-hybridized carbons (Fsp3) is 0.750. The van der Waals surface area contributed by atoms with Crippen LogP contribution in [-0.2, 0) is 9.59 Å². The zero-order valence-corrected chi connectivity index (χ0v) is 12.8. The molecule has 112 valence electrons. The number of rotatable bonds is 0. The van der Waals surface area contributed by atoms with E-state index in [4.69, 9.17) is 0 Å². The van der Waals surface area contributed by atoms with Gasteiger partial charge in [0.05, 0.1) is 12.1 Å². The van der Waals surface area contributed by atoms with Crippen molar-refractivity contribution in [2.24, 2.45) is 28.6 Å². The van der Waals surface area contributed by atoms with Crippen molar-refractivity contribution in [3.05, 3.63) is 0 Å². The van der Waals surface area contributed by atoms with Gasteiger partial charge in [-0.1, -0.05) is 20.8 Å². The number of amides is 2. The van der Waals surface area contributed by atoms with E-state index in [0.717, 1.165) is 12.8 Å². The highest BCUT2D eigenvalue weighted by atomic mass is 16.2. The van der Waals surface area contributed by atoms with Gasteiger partial charge in [0, 0.05) is 5.41 Å². The molecule has 0 aromatic rings. The van der Waals surface area contributed by atoms with Crippen LogP contribution < -0.4 is 5.32 Å². The van der Waals surface area contributed by atoms with E-state index in [2.05, 4.69) is 26.1 Å². The lowest BCUT2D eigenvalue weighted by Crippen LogP contribution is -2.58. The molecule has 2 atom stereocenters. The summed E-state index contributed by atoms with van der Waals surface area (Å²) in [6.45, 7) is 6.54. The monoisotopic (exact) mass is 287 g/mol. The predicted molar refractivity (Wildman–Crippen MR) is 75.2 cm³/mol. The van der Waals surface area contributed by atoms with Crippen molar-refractivity contribution < 1.29 is 9.59 Å². The summed E-state index contributed by atoms with van der Waals surface area (Å²) in [5.74, 6) is -2.39. The van der Waals surface area contributed by atoms with Crippen LogP contribution in [-0.4, -0.2) is 11.8 Å².